The van der Waals surface area contributed by atoms with Gasteiger partial charge in [0.05, 0.1) is 18.7 Å². The van der Waals surface area contributed by atoms with Crippen molar-refractivity contribution in [3.05, 3.63) is 119 Å². The molecule has 196 valence electrons. The number of anilines is 1. The maximum Gasteiger partial charge on any atom is 0.300 e. The molecule has 0 saturated carbocycles. The lowest BCUT2D eigenvalue weighted by Crippen LogP contribution is -2.29. The number of aliphatic hydroxyl groups is 1. The van der Waals surface area contributed by atoms with Gasteiger partial charge in [-0.25, -0.2) is 0 Å². The van der Waals surface area contributed by atoms with Gasteiger partial charge in [-0.2, -0.15) is 0 Å². The van der Waals surface area contributed by atoms with Crippen LogP contribution in [-0.2, 0) is 9.59 Å². The van der Waals surface area contributed by atoms with Crippen molar-refractivity contribution in [2.24, 2.45) is 0 Å². The van der Waals surface area contributed by atoms with Crippen molar-refractivity contribution in [2.75, 3.05) is 12.0 Å². The van der Waals surface area contributed by atoms with Gasteiger partial charge in [0.25, 0.3) is 11.7 Å². The van der Waals surface area contributed by atoms with E-state index in [-0.39, 0.29) is 17.1 Å². The van der Waals surface area contributed by atoms with Gasteiger partial charge in [0.1, 0.15) is 28.8 Å². The van der Waals surface area contributed by atoms with Crippen LogP contribution in [0.5, 0.6) is 23.0 Å². The number of aliphatic hydroxyl groups excluding tert-OH is 1. The Labute approximate surface area is 226 Å². The Morgan fingerprint density at radius 3 is 2.10 bits per heavy atom. The molecule has 1 unspecified atom stereocenters. The van der Waals surface area contributed by atoms with Crippen LogP contribution in [-0.4, -0.2) is 29.0 Å². The molecule has 0 spiro atoms. The number of para-hydroxylation sites is 1. The number of methoxy groups -OCH3 is 1. The summed E-state index contributed by atoms with van der Waals surface area (Å²) in [6.45, 7) is 3.64. The van der Waals surface area contributed by atoms with Crippen LogP contribution in [0.4, 0.5) is 5.69 Å². The Balaban J connectivity index is 1.61. The first-order valence-electron chi connectivity index (χ1n) is 12.4. The minimum atomic E-state index is -0.923. The molecule has 0 radical (unpaired) electrons. The minimum absolute atomic E-state index is 0.0389. The Bertz CT molecular complexity index is 1570. The molecule has 7 heteroatoms. The molecule has 1 atom stereocenters. The molecule has 2 N–H and O–H groups in total. The molecule has 0 bridgehead atoms. The number of phenolic OH excluding ortho intramolecular Hbond substituents is 1. The molecule has 1 fully saturated rings. The van der Waals surface area contributed by atoms with Crippen LogP contribution in [0.1, 0.15) is 28.3 Å². The lowest BCUT2D eigenvalue weighted by atomic mass is 9.93. The molecule has 1 saturated heterocycles. The predicted molar refractivity (Wildman–Crippen MR) is 148 cm³/mol. The van der Waals surface area contributed by atoms with E-state index in [1.165, 1.54) is 17.0 Å². The van der Waals surface area contributed by atoms with Crippen molar-refractivity contribution in [1.29, 1.82) is 0 Å². The van der Waals surface area contributed by atoms with Gasteiger partial charge < -0.3 is 19.7 Å². The van der Waals surface area contributed by atoms with Crippen molar-refractivity contribution >= 4 is 23.1 Å². The maximum absolute atomic E-state index is 13.5. The van der Waals surface area contributed by atoms with Crippen LogP contribution in [0.25, 0.3) is 5.76 Å². The number of ketones is 1. The standard InChI is InChI=1S/C32H27NO6/c1-19-18-27(38-3)20(2)17-26(19)30(35)28-29(21-9-13-23(34)14-10-21)33(32(37)31(28)36)22-11-15-25(16-12-22)39-24-7-5-4-6-8-24/h4-18,29,34-35H,1-3H3/b30-28+. The zero-order valence-corrected chi connectivity index (χ0v) is 21.7. The average Bonchev–Trinajstić information content (AvgIpc) is 3.21. The number of nitrogens with zero attached hydrogens (tertiary/aromatic N) is 1. The van der Waals surface area contributed by atoms with Crippen molar-refractivity contribution in [3.8, 4) is 23.0 Å². The molecule has 0 aliphatic carbocycles. The van der Waals surface area contributed by atoms with Gasteiger partial charge in [-0.3, -0.25) is 14.5 Å². The SMILES string of the molecule is COc1cc(C)c(/C(O)=C2\C(=O)C(=O)N(c3ccc(Oc4ccccc4)cc3)C2c2ccc(O)cc2)cc1C. The molecule has 4 aromatic rings. The molecule has 1 aliphatic rings. The van der Waals surface area contributed by atoms with Crippen molar-refractivity contribution in [3.63, 3.8) is 0 Å². The van der Waals surface area contributed by atoms with Gasteiger partial charge in [-0.15, -0.1) is 0 Å². The second-order valence-electron chi connectivity index (χ2n) is 9.31. The molecule has 1 aliphatic heterocycles. The largest absolute Gasteiger partial charge is 0.508 e. The third-order valence-electron chi connectivity index (χ3n) is 6.74. The highest BCUT2D eigenvalue weighted by atomic mass is 16.5. The number of Topliss-reactive ketones (excluding diaryl/α,β-unsaturated/α-hetero) is 1. The third kappa shape index (κ3) is 4.82. The first kappa shape index (κ1) is 25.6. The second kappa shape index (κ2) is 10.4. The smallest absolute Gasteiger partial charge is 0.300 e. The highest BCUT2D eigenvalue weighted by Gasteiger charge is 2.47. The number of carbonyl (C=O) groups excluding carboxylic acids is 2. The van der Waals surface area contributed by atoms with Crippen LogP contribution in [0.15, 0.2) is 96.6 Å². The van der Waals surface area contributed by atoms with Crippen molar-refractivity contribution in [1.82, 2.24) is 0 Å². The van der Waals surface area contributed by atoms with Gasteiger partial charge in [-0.05, 0) is 91.2 Å². The van der Waals surface area contributed by atoms with E-state index in [9.17, 15) is 19.8 Å². The first-order chi connectivity index (χ1) is 18.8. The maximum atomic E-state index is 13.5. The van der Waals surface area contributed by atoms with Crippen LogP contribution in [0, 0.1) is 13.8 Å². The molecule has 7 nitrogen and oxygen atoms in total. The zero-order valence-electron chi connectivity index (χ0n) is 21.7. The van der Waals surface area contributed by atoms with Gasteiger partial charge in [0.15, 0.2) is 0 Å². The Morgan fingerprint density at radius 2 is 1.46 bits per heavy atom. The first-order valence-corrected chi connectivity index (χ1v) is 12.4. The number of rotatable bonds is 6. The van der Waals surface area contributed by atoms with Crippen LogP contribution in [0.2, 0.25) is 0 Å². The number of carbonyl (C=O) groups is 2. The Kier molecular flexibility index (Phi) is 6.81. The molecular formula is C32H27NO6. The molecule has 0 aromatic heterocycles. The predicted octanol–water partition coefficient (Wildman–Crippen LogP) is 6.44. The summed E-state index contributed by atoms with van der Waals surface area (Å²) >= 11 is 0. The number of benzene rings is 4. The van der Waals surface area contributed by atoms with Gasteiger partial charge in [0, 0.05) is 11.3 Å². The molecule has 39 heavy (non-hydrogen) atoms. The summed E-state index contributed by atoms with van der Waals surface area (Å²) in [7, 11) is 1.56. The van der Waals surface area contributed by atoms with E-state index in [0.717, 1.165) is 5.56 Å². The second-order valence-corrected chi connectivity index (χ2v) is 9.31. The summed E-state index contributed by atoms with van der Waals surface area (Å²) < 4.78 is 11.3. The monoisotopic (exact) mass is 521 g/mol. The van der Waals surface area contributed by atoms with Crippen molar-refractivity contribution in [2.45, 2.75) is 19.9 Å². The summed E-state index contributed by atoms with van der Waals surface area (Å²) in [4.78, 5) is 28.3. The van der Waals surface area contributed by atoms with E-state index in [2.05, 4.69) is 0 Å². The number of amides is 1. The number of aryl methyl sites for hydroxylation is 2. The molecule has 4 aromatic carbocycles. The lowest BCUT2D eigenvalue weighted by Gasteiger charge is -2.26. The normalized spacial score (nSPS) is 16.4. The number of aromatic hydroxyl groups is 1. The zero-order chi connectivity index (χ0) is 27.7. The summed E-state index contributed by atoms with van der Waals surface area (Å²) in [6, 6.07) is 24.9. The fraction of sp³-hybridized carbons (Fsp3) is 0.125. The Hall–Kier alpha value is -5.04. The van der Waals surface area contributed by atoms with Gasteiger partial charge in [-0.1, -0.05) is 30.3 Å². The fourth-order valence-corrected chi connectivity index (χ4v) is 4.78. The van der Waals surface area contributed by atoms with Crippen molar-refractivity contribution < 1.29 is 29.3 Å². The quantitative estimate of drug-likeness (QED) is 0.172. The molecule has 1 heterocycles. The van der Waals surface area contributed by atoms with E-state index in [1.54, 1.807) is 62.6 Å². The fourth-order valence-electron chi connectivity index (χ4n) is 4.78. The van der Waals surface area contributed by atoms with Crippen LogP contribution < -0.4 is 14.4 Å². The molecule has 1 amide bonds. The minimum Gasteiger partial charge on any atom is -0.508 e. The summed E-state index contributed by atoms with van der Waals surface area (Å²) in [5, 5.41) is 21.4. The number of phenols is 1. The van der Waals surface area contributed by atoms with E-state index in [4.69, 9.17) is 9.47 Å². The summed E-state index contributed by atoms with van der Waals surface area (Å²) in [5.74, 6) is 0.0719. The highest BCUT2D eigenvalue weighted by molar-refractivity contribution is 6.51. The van der Waals surface area contributed by atoms with Crippen LogP contribution in [0.3, 0.4) is 0 Å². The number of ether oxygens (including phenoxy) is 2. The van der Waals surface area contributed by atoms with Crippen LogP contribution >= 0.6 is 0 Å². The average molecular weight is 522 g/mol. The third-order valence-corrected chi connectivity index (χ3v) is 6.74. The summed E-state index contributed by atoms with van der Waals surface area (Å²) in [6.07, 6.45) is 0. The highest BCUT2D eigenvalue weighted by Crippen LogP contribution is 2.43. The number of hydrogen-bond acceptors (Lipinski definition) is 6. The van der Waals surface area contributed by atoms with E-state index < -0.39 is 17.7 Å². The van der Waals surface area contributed by atoms with E-state index in [0.29, 0.717) is 39.6 Å². The topological polar surface area (TPSA) is 96.3 Å². The van der Waals surface area contributed by atoms with Gasteiger partial charge >= 0.3 is 0 Å². The molecular weight excluding hydrogens is 494 g/mol. The molecule has 5 rings (SSSR count). The van der Waals surface area contributed by atoms with E-state index in [1.807, 2.05) is 37.3 Å². The van der Waals surface area contributed by atoms with Gasteiger partial charge in [0.2, 0.25) is 0 Å². The number of hydrogen-bond donors (Lipinski definition) is 2. The summed E-state index contributed by atoms with van der Waals surface area (Å²) in [5.41, 5.74) is 2.87. The lowest BCUT2D eigenvalue weighted by molar-refractivity contribution is -0.132. The van der Waals surface area contributed by atoms with E-state index >= 15 is 0 Å². The Morgan fingerprint density at radius 1 is 0.821 bits per heavy atom.